The molecule has 5 nitrogen and oxygen atoms in total. The number of benzene rings is 2. The van der Waals surface area contributed by atoms with E-state index < -0.39 is 47.0 Å². The van der Waals surface area contributed by atoms with Crippen molar-refractivity contribution in [2.75, 3.05) is 13.1 Å². The van der Waals surface area contributed by atoms with Crippen LogP contribution in [0.25, 0.3) is 0 Å². The Morgan fingerprint density at radius 3 is 2.28 bits per heavy atom. The lowest BCUT2D eigenvalue weighted by Crippen LogP contribution is -2.51. The van der Waals surface area contributed by atoms with Crippen molar-refractivity contribution in [1.82, 2.24) is 9.80 Å². The van der Waals surface area contributed by atoms with E-state index in [1.165, 1.54) is 17.0 Å². The number of carbonyl (C=O) groups is 2. The summed E-state index contributed by atoms with van der Waals surface area (Å²) in [6, 6.07) is 5.55. The van der Waals surface area contributed by atoms with Crippen molar-refractivity contribution in [3.05, 3.63) is 70.8 Å². The number of ether oxygens (including phenoxy) is 1. The van der Waals surface area contributed by atoms with Crippen LogP contribution in [0.4, 0.5) is 17.6 Å². The van der Waals surface area contributed by atoms with Crippen LogP contribution in [0.5, 0.6) is 0 Å². The smallest absolute Gasteiger partial charge is 0.257 e. The second kappa shape index (κ2) is 7.58. The van der Waals surface area contributed by atoms with Crippen molar-refractivity contribution in [2.24, 2.45) is 0 Å². The van der Waals surface area contributed by atoms with Gasteiger partial charge >= 0.3 is 0 Å². The number of likely N-dealkylation sites (tertiary alicyclic amines) is 1. The van der Waals surface area contributed by atoms with E-state index in [4.69, 9.17) is 4.74 Å². The third-order valence-corrected chi connectivity index (χ3v) is 6.61. The molecule has 2 atom stereocenters. The first-order valence-electron chi connectivity index (χ1n) is 10.5. The van der Waals surface area contributed by atoms with Gasteiger partial charge in [-0.3, -0.25) is 9.59 Å². The average molecular weight is 448 g/mol. The number of halogens is 4. The summed E-state index contributed by atoms with van der Waals surface area (Å²) in [4.78, 5) is 29.0. The number of rotatable bonds is 2. The van der Waals surface area contributed by atoms with Crippen molar-refractivity contribution in [3.63, 3.8) is 0 Å². The highest BCUT2D eigenvalue weighted by Crippen LogP contribution is 2.47. The number of hydrogen-bond acceptors (Lipinski definition) is 3. The molecule has 0 aromatic heterocycles. The van der Waals surface area contributed by atoms with Gasteiger partial charge in [0.25, 0.3) is 11.8 Å². The Bertz CT molecular complexity index is 1080. The number of nitrogens with zero attached hydrogens (tertiary/aromatic N) is 2. The lowest BCUT2D eigenvalue weighted by molar-refractivity contribution is -0.142. The molecule has 0 aliphatic carbocycles. The fourth-order valence-corrected chi connectivity index (χ4v) is 5.04. The van der Waals surface area contributed by atoms with Crippen LogP contribution in [0, 0.1) is 23.3 Å². The van der Waals surface area contributed by atoms with Crippen LogP contribution in [0.2, 0.25) is 0 Å². The molecule has 3 fully saturated rings. The Kier molecular flexibility index (Phi) is 4.96. The number of carbonyl (C=O) groups excluding carboxylic acids is 2. The van der Waals surface area contributed by atoms with Crippen molar-refractivity contribution in [2.45, 2.75) is 43.6 Å². The summed E-state index contributed by atoms with van der Waals surface area (Å²) in [5.41, 5.74) is -0.957. The van der Waals surface area contributed by atoms with Gasteiger partial charge in [0.2, 0.25) is 0 Å². The first-order chi connectivity index (χ1) is 15.3. The van der Waals surface area contributed by atoms with Gasteiger partial charge in [-0.2, -0.15) is 0 Å². The topological polar surface area (TPSA) is 49.9 Å². The van der Waals surface area contributed by atoms with Crippen LogP contribution in [-0.2, 0) is 9.53 Å². The molecule has 3 aliphatic heterocycles. The van der Waals surface area contributed by atoms with Gasteiger partial charge in [0.15, 0.2) is 5.60 Å². The van der Waals surface area contributed by atoms with Gasteiger partial charge in [0.05, 0.1) is 11.6 Å². The summed E-state index contributed by atoms with van der Waals surface area (Å²) in [5.74, 6) is -3.94. The molecule has 0 saturated carbocycles. The van der Waals surface area contributed by atoms with Gasteiger partial charge in [-0.05, 0) is 42.7 Å². The van der Waals surface area contributed by atoms with Crippen LogP contribution in [0.1, 0.15) is 47.6 Å². The molecule has 2 unspecified atom stereocenters. The SMILES string of the molecule is O=C(c1ccc(F)cc1F)N1CCC2(CC1)OC1CCC(c3cc(F)cc(F)c3)N1C2=O. The molecule has 5 rings (SSSR count). The van der Waals surface area contributed by atoms with E-state index >= 15 is 0 Å². The molecule has 0 N–H and O–H groups in total. The predicted molar refractivity (Wildman–Crippen MR) is 104 cm³/mol. The number of fused-ring (bicyclic) bond motifs is 1. The van der Waals surface area contributed by atoms with Crippen molar-refractivity contribution in [3.8, 4) is 0 Å². The van der Waals surface area contributed by atoms with Crippen LogP contribution in [-0.4, -0.2) is 46.5 Å². The van der Waals surface area contributed by atoms with Crippen molar-refractivity contribution < 1.29 is 31.9 Å². The minimum absolute atomic E-state index is 0.168. The lowest BCUT2D eigenvalue weighted by atomic mass is 9.89. The number of piperidine rings is 1. The maximum atomic E-state index is 14.0. The predicted octanol–water partition coefficient (Wildman–Crippen LogP) is 3.94. The van der Waals surface area contributed by atoms with Crippen LogP contribution in [0.3, 0.4) is 0 Å². The highest BCUT2D eigenvalue weighted by molar-refractivity contribution is 5.95. The highest BCUT2D eigenvalue weighted by atomic mass is 19.1. The molecule has 3 aliphatic rings. The standard InChI is InChI=1S/C23H20F4N2O3/c24-14-1-2-17(18(27)12-14)21(30)28-7-5-23(6-8-28)22(31)29-19(3-4-20(29)32-23)13-9-15(25)11-16(26)10-13/h1-2,9-12,19-20H,3-8H2. The molecule has 0 bridgehead atoms. The molecule has 2 aromatic carbocycles. The zero-order chi connectivity index (χ0) is 22.6. The molecule has 168 valence electrons. The number of hydrogen-bond donors (Lipinski definition) is 0. The summed E-state index contributed by atoms with van der Waals surface area (Å²) < 4.78 is 60.7. The van der Waals surface area contributed by atoms with E-state index in [2.05, 4.69) is 0 Å². The average Bonchev–Trinajstić information content (AvgIpc) is 3.26. The zero-order valence-corrected chi connectivity index (χ0v) is 17.0. The Balaban J connectivity index is 1.32. The Morgan fingerprint density at radius 1 is 0.938 bits per heavy atom. The fourth-order valence-electron chi connectivity index (χ4n) is 5.04. The Hall–Kier alpha value is -2.94. The molecule has 9 heteroatoms. The van der Waals surface area contributed by atoms with E-state index in [9.17, 15) is 27.2 Å². The van der Waals surface area contributed by atoms with Gasteiger partial charge in [-0.1, -0.05) is 0 Å². The van der Waals surface area contributed by atoms with Crippen LogP contribution >= 0.6 is 0 Å². The van der Waals surface area contributed by atoms with Gasteiger partial charge in [0, 0.05) is 38.1 Å². The monoisotopic (exact) mass is 448 g/mol. The van der Waals surface area contributed by atoms with Gasteiger partial charge < -0.3 is 14.5 Å². The second-order valence-electron chi connectivity index (χ2n) is 8.49. The number of amides is 2. The normalized spacial score (nSPS) is 24.3. The molecule has 3 heterocycles. The van der Waals surface area contributed by atoms with Gasteiger partial charge in [-0.25, -0.2) is 17.6 Å². The Morgan fingerprint density at radius 2 is 1.62 bits per heavy atom. The van der Waals surface area contributed by atoms with Gasteiger partial charge in [0.1, 0.15) is 29.5 Å². The first-order valence-corrected chi connectivity index (χ1v) is 10.5. The van der Waals surface area contributed by atoms with Crippen LogP contribution < -0.4 is 0 Å². The molecule has 2 aromatic rings. The summed E-state index contributed by atoms with van der Waals surface area (Å²) in [5, 5.41) is 0. The van der Waals surface area contributed by atoms with Gasteiger partial charge in [-0.15, -0.1) is 0 Å². The van der Waals surface area contributed by atoms with E-state index in [1.54, 1.807) is 4.90 Å². The molecular formula is C23H20F4N2O3. The first kappa shape index (κ1) is 20.9. The molecule has 3 saturated heterocycles. The zero-order valence-electron chi connectivity index (χ0n) is 17.0. The molecular weight excluding hydrogens is 428 g/mol. The highest BCUT2D eigenvalue weighted by Gasteiger charge is 2.58. The van der Waals surface area contributed by atoms with E-state index in [0.717, 1.165) is 18.2 Å². The molecule has 32 heavy (non-hydrogen) atoms. The molecule has 1 spiro atoms. The lowest BCUT2D eigenvalue weighted by Gasteiger charge is -2.37. The summed E-state index contributed by atoms with van der Waals surface area (Å²) in [7, 11) is 0. The van der Waals surface area contributed by atoms with E-state index in [0.29, 0.717) is 24.5 Å². The van der Waals surface area contributed by atoms with Crippen molar-refractivity contribution >= 4 is 11.8 Å². The minimum Gasteiger partial charge on any atom is -0.342 e. The largest absolute Gasteiger partial charge is 0.342 e. The van der Waals surface area contributed by atoms with E-state index in [1.807, 2.05) is 0 Å². The maximum Gasteiger partial charge on any atom is 0.257 e. The Labute approximate surface area is 181 Å². The minimum atomic E-state index is -1.12. The summed E-state index contributed by atoms with van der Waals surface area (Å²) >= 11 is 0. The fraction of sp³-hybridized carbons (Fsp3) is 0.391. The van der Waals surface area contributed by atoms with E-state index in [-0.39, 0.29) is 37.4 Å². The quantitative estimate of drug-likeness (QED) is 0.654. The van der Waals surface area contributed by atoms with Crippen molar-refractivity contribution in [1.29, 1.82) is 0 Å². The van der Waals surface area contributed by atoms with Crippen LogP contribution in [0.15, 0.2) is 36.4 Å². The third-order valence-electron chi connectivity index (χ3n) is 6.61. The third kappa shape index (κ3) is 3.35. The molecule has 0 radical (unpaired) electrons. The summed E-state index contributed by atoms with van der Waals surface area (Å²) in [6.07, 6.45) is 1.02. The summed E-state index contributed by atoms with van der Waals surface area (Å²) in [6.45, 7) is 0.336. The maximum absolute atomic E-state index is 14.0. The second-order valence-corrected chi connectivity index (χ2v) is 8.49. The molecule has 2 amide bonds.